The number of fused-ring (bicyclic) bond motifs is 1. The van der Waals surface area contributed by atoms with Crippen molar-refractivity contribution >= 4 is 34.4 Å². The third kappa shape index (κ3) is 4.05. The molecular formula is C19H16FN7O2. The summed E-state index contributed by atoms with van der Waals surface area (Å²) in [5, 5.41) is 10.3. The molecule has 4 aromatic rings. The van der Waals surface area contributed by atoms with Crippen LogP contribution in [0.4, 0.5) is 21.8 Å². The van der Waals surface area contributed by atoms with Crippen molar-refractivity contribution in [1.82, 2.24) is 24.7 Å². The molecule has 146 valence electrons. The van der Waals surface area contributed by atoms with Crippen LogP contribution in [0, 0.1) is 5.82 Å². The van der Waals surface area contributed by atoms with Crippen LogP contribution >= 0.6 is 0 Å². The normalized spacial score (nSPS) is 10.7. The largest absolute Gasteiger partial charge is 0.438 e. The van der Waals surface area contributed by atoms with E-state index in [1.54, 1.807) is 36.3 Å². The Labute approximate surface area is 164 Å². The van der Waals surface area contributed by atoms with E-state index >= 15 is 0 Å². The molecule has 3 N–H and O–H groups in total. The predicted octanol–water partition coefficient (Wildman–Crippen LogP) is 3.49. The molecule has 9 nitrogen and oxygen atoms in total. The van der Waals surface area contributed by atoms with Gasteiger partial charge in [0, 0.05) is 43.3 Å². The van der Waals surface area contributed by atoms with E-state index in [1.807, 2.05) is 0 Å². The molecule has 0 radical (unpaired) electrons. The van der Waals surface area contributed by atoms with Crippen LogP contribution in [0.1, 0.15) is 0 Å². The maximum absolute atomic E-state index is 14.0. The van der Waals surface area contributed by atoms with Crippen LogP contribution in [0.2, 0.25) is 0 Å². The molecule has 3 heterocycles. The summed E-state index contributed by atoms with van der Waals surface area (Å²) in [7, 11) is 1.79. The number of nitrogens with zero attached hydrogens (tertiary/aromatic N) is 4. The Hall–Kier alpha value is -4.21. The fourth-order valence-electron chi connectivity index (χ4n) is 2.64. The summed E-state index contributed by atoms with van der Waals surface area (Å²) in [5.41, 5.74) is 0.765. The van der Waals surface area contributed by atoms with Gasteiger partial charge in [-0.05, 0) is 18.2 Å². The van der Waals surface area contributed by atoms with Crippen LogP contribution in [0.5, 0.6) is 11.6 Å². The van der Waals surface area contributed by atoms with E-state index in [0.717, 1.165) is 6.08 Å². The number of carbonyl (C=O) groups excluding carboxylic acids is 1. The number of amides is 1. The van der Waals surface area contributed by atoms with Gasteiger partial charge in [-0.1, -0.05) is 6.58 Å². The molecule has 0 saturated heterocycles. The van der Waals surface area contributed by atoms with Crippen molar-refractivity contribution in [3.8, 4) is 11.6 Å². The monoisotopic (exact) mass is 393 g/mol. The smallest absolute Gasteiger partial charge is 0.247 e. The fraction of sp³-hybridized carbons (Fsp3) is 0.0526. The van der Waals surface area contributed by atoms with Crippen LogP contribution in [-0.4, -0.2) is 30.6 Å². The molecule has 0 bridgehead atoms. The van der Waals surface area contributed by atoms with Gasteiger partial charge in [0.15, 0.2) is 5.82 Å². The van der Waals surface area contributed by atoms with Crippen molar-refractivity contribution in [2.75, 3.05) is 10.6 Å². The second-order valence-electron chi connectivity index (χ2n) is 6.06. The number of carbonyl (C=O) groups is 1. The van der Waals surface area contributed by atoms with Crippen LogP contribution in [0.15, 0.2) is 55.4 Å². The number of ether oxygens (including phenoxy) is 1. The zero-order valence-corrected chi connectivity index (χ0v) is 15.3. The number of H-pyrrole nitrogens is 1. The third-order valence-corrected chi connectivity index (χ3v) is 3.87. The summed E-state index contributed by atoms with van der Waals surface area (Å²) in [6.07, 6.45) is 4.56. The molecule has 0 aliphatic rings. The lowest BCUT2D eigenvalue weighted by Gasteiger charge is -2.10. The molecule has 1 aromatic carbocycles. The molecule has 0 aliphatic heterocycles. The molecule has 3 aromatic heterocycles. The molecule has 0 unspecified atom stereocenters. The predicted molar refractivity (Wildman–Crippen MR) is 106 cm³/mol. The van der Waals surface area contributed by atoms with Gasteiger partial charge in [0.1, 0.15) is 17.2 Å². The molecule has 1 amide bonds. The zero-order chi connectivity index (χ0) is 20.4. The number of hydrogen-bond donors (Lipinski definition) is 3. The summed E-state index contributed by atoms with van der Waals surface area (Å²) in [6, 6.07) is 7.36. The second-order valence-corrected chi connectivity index (χ2v) is 6.06. The molecule has 29 heavy (non-hydrogen) atoms. The highest BCUT2D eigenvalue weighted by Gasteiger charge is 2.13. The Bertz CT molecular complexity index is 1210. The van der Waals surface area contributed by atoms with Crippen molar-refractivity contribution in [2.45, 2.75) is 0 Å². The first-order valence-electron chi connectivity index (χ1n) is 8.54. The lowest BCUT2D eigenvalue weighted by atomic mass is 10.3. The van der Waals surface area contributed by atoms with E-state index in [1.165, 1.54) is 18.2 Å². The standard InChI is InChI=1S/C19H16FN7O2/c1-3-16(28)22-12-8-11(20)9-13(10-12)29-18-14-4-6-21-17(14)24-19(25-18)23-15-5-7-27(2)26-15/h3-10H,1H2,2H3,(H,22,28)(H2,21,23,24,25,26). The average molecular weight is 393 g/mol. The van der Waals surface area contributed by atoms with Crippen molar-refractivity contribution in [3.63, 3.8) is 0 Å². The number of aromatic nitrogens is 5. The van der Waals surface area contributed by atoms with Gasteiger partial charge in [-0.3, -0.25) is 9.48 Å². The topological polar surface area (TPSA) is 110 Å². The third-order valence-electron chi connectivity index (χ3n) is 3.87. The first-order chi connectivity index (χ1) is 14.0. The Morgan fingerprint density at radius 2 is 2.17 bits per heavy atom. The lowest BCUT2D eigenvalue weighted by Crippen LogP contribution is -2.07. The van der Waals surface area contributed by atoms with E-state index < -0.39 is 11.7 Å². The van der Waals surface area contributed by atoms with Gasteiger partial charge in [-0.15, -0.1) is 0 Å². The summed E-state index contributed by atoms with van der Waals surface area (Å²) in [4.78, 5) is 23.2. The number of nitrogens with one attached hydrogen (secondary N) is 3. The van der Waals surface area contributed by atoms with Crippen molar-refractivity contribution in [3.05, 3.63) is 61.2 Å². The summed E-state index contributed by atoms with van der Waals surface area (Å²) in [5.74, 6) is 0.150. The number of benzene rings is 1. The summed E-state index contributed by atoms with van der Waals surface area (Å²) in [6.45, 7) is 3.37. The first-order valence-corrected chi connectivity index (χ1v) is 8.54. The molecule has 0 fully saturated rings. The average Bonchev–Trinajstić information content (AvgIpc) is 3.30. The number of anilines is 3. The van der Waals surface area contributed by atoms with Crippen molar-refractivity contribution in [1.29, 1.82) is 0 Å². The van der Waals surface area contributed by atoms with Crippen LogP contribution < -0.4 is 15.4 Å². The van der Waals surface area contributed by atoms with Gasteiger partial charge in [0.05, 0.1) is 5.39 Å². The lowest BCUT2D eigenvalue weighted by molar-refractivity contribution is -0.111. The Morgan fingerprint density at radius 3 is 2.93 bits per heavy atom. The number of aryl methyl sites for hydroxylation is 1. The Morgan fingerprint density at radius 1 is 1.31 bits per heavy atom. The molecule has 0 aliphatic carbocycles. The molecule has 0 saturated carbocycles. The van der Waals surface area contributed by atoms with Gasteiger partial charge < -0.3 is 20.4 Å². The summed E-state index contributed by atoms with van der Waals surface area (Å²) < 4.78 is 21.4. The number of aromatic amines is 1. The van der Waals surface area contributed by atoms with Gasteiger partial charge in [0.2, 0.25) is 17.7 Å². The maximum Gasteiger partial charge on any atom is 0.247 e. The number of halogens is 1. The fourth-order valence-corrected chi connectivity index (χ4v) is 2.64. The molecule has 10 heteroatoms. The van der Waals surface area contributed by atoms with E-state index in [9.17, 15) is 9.18 Å². The highest BCUT2D eigenvalue weighted by Crippen LogP contribution is 2.30. The minimum Gasteiger partial charge on any atom is -0.438 e. The zero-order valence-electron chi connectivity index (χ0n) is 15.3. The Kier molecular flexibility index (Phi) is 4.65. The summed E-state index contributed by atoms with van der Waals surface area (Å²) >= 11 is 0. The maximum atomic E-state index is 14.0. The van der Waals surface area contributed by atoms with Crippen LogP contribution in [0.3, 0.4) is 0 Å². The van der Waals surface area contributed by atoms with Crippen molar-refractivity contribution in [2.24, 2.45) is 7.05 Å². The molecule has 0 atom stereocenters. The van der Waals surface area contributed by atoms with E-state index in [4.69, 9.17) is 4.74 Å². The minimum atomic E-state index is -0.576. The van der Waals surface area contributed by atoms with E-state index in [-0.39, 0.29) is 23.3 Å². The number of rotatable bonds is 6. The van der Waals surface area contributed by atoms with Crippen LogP contribution in [-0.2, 0) is 11.8 Å². The quantitative estimate of drug-likeness (QED) is 0.433. The molecular weight excluding hydrogens is 377 g/mol. The second kappa shape index (κ2) is 7.43. The van der Waals surface area contributed by atoms with E-state index in [2.05, 4.69) is 37.3 Å². The SMILES string of the molecule is C=CC(=O)Nc1cc(F)cc(Oc2nc(Nc3ccn(C)n3)nc3[nH]ccc23)c1. The molecule has 0 spiro atoms. The van der Waals surface area contributed by atoms with Gasteiger partial charge in [-0.25, -0.2) is 4.39 Å². The minimum absolute atomic E-state index is 0.161. The number of hydrogen-bond acceptors (Lipinski definition) is 6. The van der Waals surface area contributed by atoms with E-state index in [0.29, 0.717) is 16.9 Å². The van der Waals surface area contributed by atoms with Gasteiger partial charge in [0.25, 0.3) is 0 Å². The van der Waals surface area contributed by atoms with Crippen molar-refractivity contribution < 1.29 is 13.9 Å². The highest BCUT2D eigenvalue weighted by molar-refractivity contribution is 5.99. The Balaban J connectivity index is 1.67. The van der Waals surface area contributed by atoms with Gasteiger partial charge in [-0.2, -0.15) is 15.1 Å². The van der Waals surface area contributed by atoms with Gasteiger partial charge >= 0.3 is 0 Å². The molecule has 4 rings (SSSR count). The van der Waals surface area contributed by atoms with Crippen LogP contribution in [0.25, 0.3) is 11.0 Å². The highest BCUT2D eigenvalue weighted by atomic mass is 19.1. The first kappa shape index (κ1) is 18.2.